The van der Waals surface area contributed by atoms with Crippen LogP contribution in [0.25, 0.3) is 5.82 Å². The van der Waals surface area contributed by atoms with Crippen molar-refractivity contribution in [2.24, 2.45) is 5.92 Å². The molecule has 150 valence electrons. The minimum atomic E-state index is 0.00869. The summed E-state index contributed by atoms with van der Waals surface area (Å²) >= 11 is 0. The summed E-state index contributed by atoms with van der Waals surface area (Å²) in [6, 6.07) is 8.99. The third-order valence-electron chi connectivity index (χ3n) is 5.06. The fraction of sp³-hybridized carbons (Fsp3) is 0.333. The summed E-state index contributed by atoms with van der Waals surface area (Å²) in [6.07, 6.45) is 4.71. The first-order chi connectivity index (χ1) is 14.1. The second-order valence-electron chi connectivity index (χ2n) is 7.00. The highest BCUT2D eigenvalue weighted by Crippen LogP contribution is 2.24. The van der Waals surface area contributed by atoms with E-state index in [0.717, 1.165) is 29.9 Å². The molecule has 0 aliphatic carbocycles. The van der Waals surface area contributed by atoms with Gasteiger partial charge in [0.25, 0.3) is 0 Å². The van der Waals surface area contributed by atoms with E-state index in [0.29, 0.717) is 30.7 Å². The SMILES string of the molecule is Cc1ncn(-c2cc(Oc3ccc(NC(=O)C4CCOCC4)cc3)ncn2)c1C. The van der Waals surface area contributed by atoms with Gasteiger partial charge in [-0.3, -0.25) is 9.36 Å². The number of imidazole rings is 1. The molecule has 8 heteroatoms. The number of aromatic nitrogens is 4. The summed E-state index contributed by atoms with van der Waals surface area (Å²) in [5.41, 5.74) is 2.70. The zero-order valence-electron chi connectivity index (χ0n) is 16.5. The number of nitrogens with one attached hydrogen (secondary N) is 1. The maximum Gasteiger partial charge on any atom is 0.227 e. The number of ether oxygens (including phenoxy) is 2. The van der Waals surface area contributed by atoms with Gasteiger partial charge in [0.2, 0.25) is 11.8 Å². The molecule has 0 bridgehead atoms. The Labute approximate surface area is 168 Å². The summed E-state index contributed by atoms with van der Waals surface area (Å²) in [5, 5.41) is 2.96. The van der Waals surface area contributed by atoms with Gasteiger partial charge in [-0.05, 0) is 51.0 Å². The maximum atomic E-state index is 12.3. The first-order valence-electron chi connectivity index (χ1n) is 9.59. The number of hydrogen-bond donors (Lipinski definition) is 1. The monoisotopic (exact) mass is 393 g/mol. The molecule has 1 aliphatic heterocycles. The van der Waals surface area contributed by atoms with Crippen molar-refractivity contribution in [3.05, 3.63) is 54.4 Å². The molecule has 3 aromatic rings. The normalized spacial score (nSPS) is 14.6. The lowest BCUT2D eigenvalue weighted by molar-refractivity contribution is -0.122. The van der Waals surface area contributed by atoms with Crippen LogP contribution in [-0.2, 0) is 9.53 Å². The quantitative estimate of drug-likeness (QED) is 0.714. The van der Waals surface area contributed by atoms with Crippen LogP contribution in [0.1, 0.15) is 24.2 Å². The average Bonchev–Trinajstić information content (AvgIpc) is 3.09. The molecule has 0 unspecified atom stereocenters. The summed E-state index contributed by atoms with van der Waals surface area (Å²) in [5.74, 6) is 1.79. The van der Waals surface area contributed by atoms with Crippen molar-refractivity contribution >= 4 is 11.6 Å². The second-order valence-corrected chi connectivity index (χ2v) is 7.00. The number of nitrogens with zero attached hydrogens (tertiary/aromatic N) is 4. The molecule has 0 spiro atoms. The van der Waals surface area contributed by atoms with Crippen molar-refractivity contribution in [1.82, 2.24) is 19.5 Å². The lowest BCUT2D eigenvalue weighted by Gasteiger charge is -2.21. The van der Waals surface area contributed by atoms with Crippen LogP contribution < -0.4 is 10.1 Å². The number of aryl methyl sites for hydroxylation is 1. The van der Waals surface area contributed by atoms with E-state index in [1.54, 1.807) is 24.5 Å². The fourth-order valence-electron chi connectivity index (χ4n) is 3.18. The van der Waals surface area contributed by atoms with Crippen molar-refractivity contribution in [2.75, 3.05) is 18.5 Å². The Kier molecular flexibility index (Phi) is 5.53. The number of carbonyl (C=O) groups is 1. The van der Waals surface area contributed by atoms with E-state index in [2.05, 4.69) is 20.3 Å². The van der Waals surface area contributed by atoms with Crippen molar-refractivity contribution in [3.63, 3.8) is 0 Å². The Morgan fingerprint density at radius 3 is 2.59 bits per heavy atom. The molecule has 0 radical (unpaired) electrons. The van der Waals surface area contributed by atoms with Gasteiger partial charge in [-0.25, -0.2) is 15.0 Å². The van der Waals surface area contributed by atoms with Crippen LogP contribution in [0.3, 0.4) is 0 Å². The first kappa shape index (κ1) is 19.1. The smallest absolute Gasteiger partial charge is 0.227 e. The second kappa shape index (κ2) is 8.40. The van der Waals surface area contributed by atoms with Crippen LogP contribution in [-0.4, -0.2) is 38.6 Å². The molecule has 2 aromatic heterocycles. The molecule has 0 saturated carbocycles. The van der Waals surface area contributed by atoms with Crippen LogP contribution in [0.4, 0.5) is 5.69 Å². The van der Waals surface area contributed by atoms with Crippen molar-refractivity contribution in [2.45, 2.75) is 26.7 Å². The molecule has 1 N–H and O–H groups in total. The molecule has 8 nitrogen and oxygen atoms in total. The Morgan fingerprint density at radius 1 is 1.14 bits per heavy atom. The van der Waals surface area contributed by atoms with Crippen molar-refractivity contribution in [3.8, 4) is 17.4 Å². The van der Waals surface area contributed by atoms with Gasteiger partial charge in [-0.2, -0.15) is 0 Å². The van der Waals surface area contributed by atoms with E-state index in [1.165, 1.54) is 6.33 Å². The molecule has 4 rings (SSSR count). The molecule has 1 fully saturated rings. The number of hydrogen-bond acceptors (Lipinski definition) is 6. The van der Waals surface area contributed by atoms with E-state index in [1.807, 2.05) is 30.5 Å². The van der Waals surface area contributed by atoms with E-state index < -0.39 is 0 Å². The number of anilines is 1. The molecule has 1 aromatic carbocycles. The molecule has 1 amide bonds. The standard InChI is InChI=1S/C21H23N5O3/c1-14-15(2)26(13-24-14)19-11-20(23-12-22-19)29-18-5-3-17(4-6-18)25-21(27)16-7-9-28-10-8-16/h3-6,11-13,16H,7-10H2,1-2H3,(H,25,27). The van der Waals surface area contributed by atoms with Crippen LogP contribution in [0.15, 0.2) is 43.0 Å². The Balaban J connectivity index is 1.42. The summed E-state index contributed by atoms with van der Waals surface area (Å²) < 4.78 is 13.0. The third kappa shape index (κ3) is 4.43. The fourth-order valence-corrected chi connectivity index (χ4v) is 3.18. The van der Waals surface area contributed by atoms with Crippen LogP contribution in [0.5, 0.6) is 11.6 Å². The summed E-state index contributed by atoms with van der Waals surface area (Å²) in [4.78, 5) is 25.1. The summed E-state index contributed by atoms with van der Waals surface area (Å²) in [6.45, 7) is 5.22. The van der Waals surface area contributed by atoms with Gasteiger partial charge in [0, 0.05) is 36.6 Å². The minimum absolute atomic E-state index is 0.00869. The van der Waals surface area contributed by atoms with E-state index in [9.17, 15) is 4.79 Å². The van der Waals surface area contributed by atoms with Crippen LogP contribution in [0, 0.1) is 19.8 Å². The molecular formula is C21H23N5O3. The van der Waals surface area contributed by atoms with E-state index in [4.69, 9.17) is 9.47 Å². The highest BCUT2D eigenvalue weighted by atomic mass is 16.5. The largest absolute Gasteiger partial charge is 0.439 e. The molecule has 3 heterocycles. The molecular weight excluding hydrogens is 370 g/mol. The Bertz CT molecular complexity index is 994. The highest BCUT2D eigenvalue weighted by molar-refractivity contribution is 5.92. The van der Waals surface area contributed by atoms with E-state index >= 15 is 0 Å². The first-order valence-corrected chi connectivity index (χ1v) is 9.59. The van der Waals surface area contributed by atoms with Gasteiger partial charge in [-0.15, -0.1) is 0 Å². The van der Waals surface area contributed by atoms with Gasteiger partial charge < -0.3 is 14.8 Å². The summed E-state index contributed by atoms with van der Waals surface area (Å²) in [7, 11) is 0. The minimum Gasteiger partial charge on any atom is -0.439 e. The molecule has 1 aliphatic rings. The molecule has 0 atom stereocenters. The lowest BCUT2D eigenvalue weighted by Crippen LogP contribution is -2.28. The highest BCUT2D eigenvalue weighted by Gasteiger charge is 2.21. The number of rotatable bonds is 5. The van der Waals surface area contributed by atoms with Gasteiger partial charge >= 0.3 is 0 Å². The Hall–Kier alpha value is -3.26. The van der Waals surface area contributed by atoms with Crippen molar-refractivity contribution < 1.29 is 14.3 Å². The third-order valence-corrected chi connectivity index (χ3v) is 5.06. The van der Waals surface area contributed by atoms with Gasteiger partial charge in [0.1, 0.15) is 24.2 Å². The van der Waals surface area contributed by atoms with Gasteiger partial charge in [0.15, 0.2) is 0 Å². The van der Waals surface area contributed by atoms with Crippen molar-refractivity contribution in [1.29, 1.82) is 0 Å². The number of carbonyl (C=O) groups excluding carboxylic acids is 1. The van der Waals surface area contributed by atoms with Crippen LogP contribution in [0.2, 0.25) is 0 Å². The zero-order valence-corrected chi connectivity index (χ0v) is 16.5. The predicted octanol–water partition coefficient (Wildman–Crippen LogP) is 3.44. The number of benzene rings is 1. The zero-order chi connectivity index (χ0) is 20.2. The predicted molar refractivity (Wildman–Crippen MR) is 107 cm³/mol. The number of amides is 1. The molecule has 1 saturated heterocycles. The topological polar surface area (TPSA) is 91.2 Å². The van der Waals surface area contributed by atoms with Crippen LogP contribution >= 0.6 is 0 Å². The van der Waals surface area contributed by atoms with Gasteiger partial charge in [0.05, 0.1) is 5.69 Å². The van der Waals surface area contributed by atoms with E-state index in [-0.39, 0.29) is 11.8 Å². The Morgan fingerprint density at radius 2 is 1.90 bits per heavy atom. The average molecular weight is 393 g/mol. The lowest BCUT2D eigenvalue weighted by atomic mass is 9.99. The van der Waals surface area contributed by atoms with Gasteiger partial charge in [-0.1, -0.05) is 0 Å². The maximum absolute atomic E-state index is 12.3. The molecule has 29 heavy (non-hydrogen) atoms.